The van der Waals surface area contributed by atoms with E-state index in [9.17, 15) is 9.59 Å². The number of rotatable bonds is 4. The Morgan fingerprint density at radius 3 is 2.70 bits per heavy atom. The van der Waals surface area contributed by atoms with E-state index >= 15 is 0 Å². The van der Waals surface area contributed by atoms with Crippen molar-refractivity contribution in [2.45, 2.75) is 13.8 Å². The van der Waals surface area contributed by atoms with E-state index in [1.165, 1.54) is 6.92 Å². The van der Waals surface area contributed by atoms with Gasteiger partial charge >= 0.3 is 5.97 Å². The number of aromatic nitrogens is 1. The molecular weight excluding hydrogens is 254 g/mol. The van der Waals surface area contributed by atoms with Crippen LogP contribution in [-0.4, -0.2) is 23.3 Å². The third-order valence-electron chi connectivity index (χ3n) is 2.86. The van der Waals surface area contributed by atoms with Crippen molar-refractivity contribution in [1.82, 2.24) is 4.98 Å². The molecule has 0 spiro atoms. The minimum atomic E-state index is -0.596. The Kier molecular flexibility index (Phi) is 4.25. The van der Waals surface area contributed by atoms with E-state index in [1.54, 1.807) is 25.3 Å². The van der Waals surface area contributed by atoms with Gasteiger partial charge in [-0.05, 0) is 37.6 Å². The molecule has 102 valence electrons. The molecule has 1 aromatic carbocycles. The second-order valence-electron chi connectivity index (χ2n) is 4.25. The molecule has 4 heteroatoms. The number of esters is 1. The summed E-state index contributed by atoms with van der Waals surface area (Å²) in [4.78, 5) is 27.7. The van der Waals surface area contributed by atoms with E-state index in [0.29, 0.717) is 0 Å². The molecule has 0 radical (unpaired) electrons. The highest BCUT2D eigenvalue weighted by Crippen LogP contribution is 2.19. The number of ether oxygens (including phenoxy) is 1. The molecule has 2 aromatic rings. The summed E-state index contributed by atoms with van der Waals surface area (Å²) in [5.41, 5.74) is 1.63. The lowest BCUT2D eigenvalue weighted by Crippen LogP contribution is -2.13. The predicted molar refractivity (Wildman–Crippen MR) is 77.0 cm³/mol. The zero-order chi connectivity index (χ0) is 14.5. The number of carbonyl (C=O) groups is 2. The lowest BCUT2D eigenvalue weighted by molar-refractivity contribution is -0.139. The minimum absolute atomic E-state index is 0.0446. The lowest BCUT2D eigenvalue weighted by atomic mass is 10.0. The van der Waals surface area contributed by atoms with Crippen molar-refractivity contribution in [2.75, 3.05) is 6.61 Å². The number of pyridine rings is 1. The molecular formula is C16H15NO3. The third-order valence-corrected chi connectivity index (χ3v) is 2.86. The number of fused-ring (bicyclic) bond motifs is 1. The monoisotopic (exact) mass is 269 g/mol. The normalized spacial score (nSPS) is 11.4. The molecule has 0 atom stereocenters. The summed E-state index contributed by atoms with van der Waals surface area (Å²) in [7, 11) is 0. The molecule has 1 heterocycles. The molecule has 0 aliphatic rings. The van der Waals surface area contributed by atoms with E-state index in [4.69, 9.17) is 4.74 Å². The van der Waals surface area contributed by atoms with Gasteiger partial charge < -0.3 is 4.74 Å². The highest BCUT2D eigenvalue weighted by atomic mass is 16.5. The molecule has 0 saturated carbocycles. The van der Waals surface area contributed by atoms with Crippen molar-refractivity contribution in [3.05, 3.63) is 47.7 Å². The van der Waals surface area contributed by atoms with Crippen LogP contribution in [0.2, 0.25) is 0 Å². The summed E-state index contributed by atoms with van der Waals surface area (Å²) in [6, 6.07) is 9.32. The van der Waals surface area contributed by atoms with Crippen LogP contribution in [0.15, 0.2) is 42.1 Å². The molecule has 1 aromatic heterocycles. The van der Waals surface area contributed by atoms with Gasteiger partial charge in [0.1, 0.15) is 5.57 Å². The van der Waals surface area contributed by atoms with Crippen LogP contribution >= 0.6 is 0 Å². The Morgan fingerprint density at radius 1 is 1.25 bits per heavy atom. The highest BCUT2D eigenvalue weighted by molar-refractivity contribution is 6.20. The van der Waals surface area contributed by atoms with Crippen molar-refractivity contribution in [3.63, 3.8) is 0 Å². The number of para-hydroxylation sites is 1. The number of ketones is 1. The maximum atomic E-state index is 11.8. The molecule has 0 bridgehead atoms. The fraction of sp³-hybridized carbons (Fsp3) is 0.188. The van der Waals surface area contributed by atoms with Crippen LogP contribution in [0.5, 0.6) is 0 Å². The van der Waals surface area contributed by atoms with Crippen LogP contribution in [0, 0.1) is 0 Å². The van der Waals surface area contributed by atoms with Crippen molar-refractivity contribution in [2.24, 2.45) is 0 Å². The van der Waals surface area contributed by atoms with Crippen LogP contribution in [0.25, 0.3) is 17.0 Å². The van der Waals surface area contributed by atoms with E-state index in [-0.39, 0.29) is 18.0 Å². The Bertz CT molecular complexity index is 684. The largest absolute Gasteiger partial charge is 0.462 e. The second-order valence-corrected chi connectivity index (χ2v) is 4.25. The number of hydrogen-bond acceptors (Lipinski definition) is 4. The first-order valence-electron chi connectivity index (χ1n) is 6.37. The maximum Gasteiger partial charge on any atom is 0.341 e. The van der Waals surface area contributed by atoms with E-state index in [0.717, 1.165) is 16.5 Å². The lowest BCUT2D eigenvalue weighted by Gasteiger charge is -2.05. The van der Waals surface area contributed by atoms with Crippen LogP contribution in [0.4, 0.5) is 0 Å². The summed E-state index contributed by atoms with van der Waals surface area (Å²) in [6.07, 6.45) is 3.21. The van der Waals surface area contributed by atoms with Crippen LogP contribution in [-0.2, 0) is 14.3 Å². The van der Waals surface area contributed by atoms with Crippen LogP contribution in [0.1, 0.15) is 19.4 Å². The van der Waals surface area contributed by atoms with Crippen LogP contribution < -0.4 is 0 Å². The van der Waals surface area contributed by atoms with Gasteiger partial charge in [0.25, 0.3) is 0 Å². The smallest absolute Gasteiger partial charge is 0.341 e. The molecule has 2 rings (SSSR count). The Labute approximate surface area is 117 Å². The first-order chi connectivity index (χ1) is 9.63. The number of Topliss-reactive ketones (excluding diaryl/α,β-unsaturated/α-hetero) is 1. The molecule has 0 fully saturated rings. The fourth-order valence-electron chi connectivity index (χ4n) is 1.91. The van der Waals surface area contributed by atoms with Crippen molar-refractivity contribution in [3.8, 4) is 0 Å². The summed E-state index contributed by atoms with van der Waals surface area (Å²) in [6.45, 7) is 3.30. The van der Waals surface area contributed by atoms with Gasteiger partial charge in [0, 0.05) is 11.6 Å². The zero-order valence-corrected chi connectivity index (χ0v) is 11.4. The van der Waals surface area contributed by atoms with Gasteiger partial charge in [-0.3, -0.25) is 9.78 Å². The van der Waals surface area contributed by atoms with Gasteiger partial charge in [0.05, 0.1) is 12.1 Å². The quantitative estimate of drug-likeness (QED) is 0.370. The van der Waals surface area contributed by atoms with Gasteiger partial charge in [-0.1, -0.05) is 18.2 Å². The third kappa shape index (κ3) is 2.91. The maximum absolute atomic E-state index is 11.8. The minimum Gasteiger partial charge on any atom is -0.462 e. The Balaban J connectivity index is 2.54. The van der Waals surface area contributed by atoms with Gasteiger partial charge in [-0.25, -0.2) is 4.79 Å². The van der Waals surface area contributed by atoms with Crippen molar-refractivity contribution >= 4 is 28.7 Å². The van der Waals surface area contributed by atoms with Crippen molar-refractivity contribution in [1.29, 1.82) is 0 Å². The number of benzene rings is 1. The molecule has 4 nitrogen and oxygen atoms in total. The van der Waals surface area contributed by atoms with Gasteiger partial charge in [-0.15, -0.1) is 0 Å². The average Bonchev–Trinajstić information content (AvgIpc) is 2.44. The molecule has 0 amide bonds. The number of nitrogens with zero attached hydrogens (tertiary/aromatic N) is 1. The van der Waals surface area contributed by atoms with E-state index < -0.39 is 5.97 Å². The first kappa shape index (κ1) is 13.9. The summed E-state index contributed by atoms with van der Waals surface area (Å²) < 4.78 is 4.91. The Morgan fingerprint density at radius 2 is 2.00 bits per heavy atom. The number of carbonyl (C=O) groups excluding carboxylic acids is 2. The van der Waals surface area contributed by atoms with Gasteiger partial charge in [0.15, 0.2) is 5.78 Å². The van der Waals surface area contributed by atoms with E-state index in [1.807, 2.05) is 24.3 Å². The van der Waals surface area contributed by atoms with Gasteiger partial charge in [0.2, 0.25) is 0 Å². The first-order valence-corrected chi connectivity index (χ1v) is 6.37. The average molecular weight is 269 g/mol. The molecule has 0 saturated heterocycles. The standard InChI is InChI=1S/C16H15NO3/c1-3-20-16(19)14(11(2)18)10-12-8-9-17-15-7-5-4-6-13(12)15/h4-10H,3H2,1-2H3. The fourth-order valence-corrected chi connectivity index (χ4v) is 1.91. The second kappa shape index (κ2) is 6.10. The van der Waals surface area contributed by atoms with Gasteiger partial charge in [-0.2, -0.15) is 0 Å². The topological polar surface area (TPSA) is 56.3 Å². The molecule has 0 N–H and O–H groups in total. The SMILES string of the molecule is CCOC(=O)C(=Cc1ccnc2ccccc12)C(C)=O. The molecule has 0 aliphatic heterocycles. The zero-order valence-electron chi connectivity index (χ0n) is 11.4. The molecule has 0 unspecified atom stereocenters. The predicted octanol–water partition coefficient (Wildman–Crippen LogP) is 2.77. The van der Waals surface area contributed by atoms with E-state index in [2.05, 4.69) is 4.98 Å². The number of hydrogen-bond donors (Lipinski definition) is 0. The Hall–Kier alpha value is -2.49. The summed E-state index contributed by atoms with van der Waals surface area (Å²) in [5.74, 6) is -0.912. The van der Waals surface area contributed by atoms with Crippen LogP contribution in [0.3, 0.4) is 0 Å². The molecule has 0 aliphatic carbocycles. The summed E-state index contributed by atoms with van der Waals surface area (Å²) in [5, 5.41) is 0.887. The van der Waals surface area contributed by atoms with Crippen molar-refractivity contribution < 1.29 is 14.3 Å². The molecule has 20 heavy (non-hydrogen) atoms. The summed E-state index contributed by atoms with van der Waals surface area (Å²) >= 11 is 0. The highest BCUT2D eigenvalue weighted by Gasteiger charge is 2.16.